The minimum Gasteiger partial charge on any atom is -0.299 e. The van der Waals surface area contributed by atoms with E-state index in [-0.39, 0.29) is 17.1 Å². The predicted octanol–water partition coefficient (Wildman–Crippen LogP) is 6.88. The zero-order chi connectivity index (χ0) is 25.3. The number of allylic oxidation sites excluding steroid dienone is 4. The molecule has 0 amide bonds. The van der Waals surface area contributed by atoms with E-state index in [9.17, 15) is 9.59 Å². The number of ketones is 2. The van der Waals surface area contributed by atoms with E-state index in [1.807, 2.05) is 18.3 Å². The molecular formula is C33H36N2O2. The SMILES string of the molecule is CC1C[C@H]2[C@@H]3CCC4=CC(=O)CCC4=C3C(c3ccc(-c4ccnnc4)cc3)C[C@]2(C)C1C(=O)C1CC1. The topological polar surface area (TPSA) is 59.9 Å². The van der Waals surface area contributed by atoms with Crippen LogP contribution in [0.25, 0.3) is 11.1 Å². The van der Waals surface area contributed by atoms with Crippen molar-refractivity contribution < 1.29 is 9.59 Å². The Morgan fingerprint density at radius 2 is 1.78 bits per heavy atom. The van der Waals surface area contributed by atoms with Crippen molar-refractivity contribution in [2.75, 3.05) is 0 Å². The zero-order valence-corrected chi connectivity index (χ0v) is 22.0. The van der Waals surface area contributed by atoms with Gasteiger partial charge in [0.05, 0.1) is 12.4 Å². The summed E-state index contributed by atoms with van der Waals surface area (Å²) >= 11 is 0. The van der Waals surface area contributed by atoms with Crippen molar-refractivity contribution in [3.8, 4) is 11.1 Å². The Hall–Kier alpha value is -2.88. The molecule has 5 aliphatic rings. The summed E-state index contributed by atoms with van der Waals surface area (Å²) in [4.78, 5) is 26.0. The van der Waals surface area contributed by atoms with Crippen molar-refractivity contribution in [3.63, 3.8) is 0 Å². The molecule has 0 saturated heterocycles. The van der Waals surface area contributed by atoms with Crippen molar-refractivity contribution in [1.82, 2.24) is 10.2 Å². The lowest BCUT2D eigenvalue weighted by molar-refractivity contribution is -0.130. The third kappa shape index (κ3) is 3.70. The fraction of sp³-hybridized carbons (Fsp3) is 0.515. The Kier molecular flexibility index (Phi) is 5.39. The molecule has 3 saturated carbocycles. The average Bonchev–Trinajstić information content (AvgIpc) is 3.72. The smallest absolute Gasteiger partial charge is 0.156 e. The van der Waals surface area contributed by atoms with Crippen LogP contribution in [0.1, 0.15) is 76.7 Å². The molecule has 3 fully saturated rings. The first-order valence-electron chi connectivity index (χ1n) is 14.3. The lowest BCUT2D eigenvalue weighted by Crippen LogP contribution is -2.45. The summed E-state index contributed by atoms with van der Waals surface area (Å²) in [5.74, 6) is 3.21. The van der Waals surface area contributed by atoms with Crippen LogP contribution in [0.2, 0.25) is 0 Å². The Labute approximate surface area is 219 Å². The van der Waals surface area contributed by atoms with E-state index in [0.717, 1.165) is 49.7 Å². The summed E-state index contributed by atoms with van der Waals surface area (Å²) in [7, 11) is 0. The molecule has 6 atom stereocenters. The first-order chi connectivity index (χ1) is 17.9. The Morgan fingerprint density at radius 1 is 0.973 bits per heavy atom. The van der Waals surface area contributed by atoms with Gasteiger partial charge in [-0.3, -0.25) is 9.59 Å². The van der Waals surface area contributed by atoms with Crippen LogP contribution in [0.4, 0.5) is 0 Å². The van der Waals surface area contributed by atoms with Crippen molar-refractivity contribution in [2.45, 2.75) is 71.1 Å². The molecule has 3 unspecified atom stereocenters. The number of hydrogen-bond acceptors (Lipinski definition) is 4. The lowest BCUT2D eigenvalue weighted by Gasteiger charge is -2.52. The van der Waals surface area contributed by atoms with E-state index in [2.05, 4.69) is 48.3 Å². The maximum atomic E-state index is 13.7. The number of rotatable bonds is 4. The van der Waals surface area contributed by atoms with Gasteiger partial charge in [-0.1, -0.05) is 43.7 Å². The van der Waals surface area contributed by atoms with Gasteiger partial charge in [-0.05, 0) is 103 Å². The van der Waals surface area contributed by atoms with Crippen molar-refractivity contribution in [3.05, 3.63) is 71.1 Å². The van der Waals surface area contributed by atoms with Crippen LogP contribution in [0.15, 0.2) is 65.5 Å². The van der Waals surface area contributed by atoms with E-state index in [0.29, 0.717) is 41.8 Å². The van der Waals surface area contributed by atoms with Crippen LogP contribution in [0.5, 0.6) is 0 Å². The monoisotopic (exact) mass is 492 g/mol. The second kappa shape index (κ2) is 8.58. The molecule has 0 spiro atoms. The quantitative estimate of drug-likeness (QED) is 0.467. The fourth-order valence-electron chi connectivity index (χ4n) is 8.92. The van der Waals surface area contributed by atoms with E-state index < -0.39 is 0 Å². The van der Waals surface area contributed by atoms with Gasteiger partial charge < -0.3 is 0 Å². The molecule has 4 nitrogen and oxygen atoms in total. The predicted molar refractivity (Wildman–Crippen MR) is 143 cm³/mol. The molecule has 37 heavy (non-hydrogen) atoms. The molecule has 190 valence electrons. The van der Waals surface area contributed by atoms with E-state index in [1.165, 1.54) is 23.1 Å². The van der Waals surface area contributed by atoms with E-state index >= 15 is 0 Å². The number of carbonyl (C=O) groups is 2. The van der Waals surface area contributed by atoms with Gasteiger partial charge in [0, 0.05) is 29.7 Å². The van der Waals surface area contributed by atoms with Gasteiger partial charge in [0.25, 0.3) is 0 Å². The Morgan fingerprint density at radius 3 is 2.51 bits per heavy atom. The first kappa shape index (κ1) is 23.3. The standard InChI is InChI=1S/C33H36N2O2/c1-19-15-29-27-11-9-23-16-25(36)10-12-26(23)30(27)28(17-33(29,2)31(19)32(37)22-7-8-22)21-5-3-20(4-6-21)24-13-14-34-35-18-24/h3-6,13-14,16,18-19,22,27-29,31H,7-12,15,17H2,1-2H3/t19?,27-,28?,29-,31?,33-/m0/s1. The summed E-state index contributed by atoms with van der Waals surface area (Å²) in [5.41, 5.74) is 8.01. The molecule has 0 aliphatic heterocycles. The largest absolute Gasteiger partial charge is 0.299 e. The highest BCUT2D eigenvalue weighted by Gasteiger charge is 2.61. The zero-order valence-electron chi connectivity index (χ0n) is 22.0. The van der Waals surface area contributed by atoms with Crippen LogP contribution in [0, 0.1) is 35.0 Å². The second-order valence-electron chi connectivity index (χ2n) is 12.7. The lowest BCUT2D eigenvalue weighted by atomic mass is 9.51. The van der Waals surface area contributed by atoms with Crippen molar-refractivity contribution >= 4 is 11.6 Å². The van der Waals surface area contributed by atoms with Gasteiger partial charge in [-0.15, -0.1) is 0 Å². The van der Waals surface area contributed by atoms with Crippen LogP contribution < -0.4 is 0 Å². The van der Waals surface area contributed by atoms with Gasteiger partial charge in [-0.25, -0.2) is 0 Å². The van der Waals surface area contributed by atoms with E-state index in [4.69, 9.17) is 0 Å². The van der Waals surface area contributed by atoms with Gasteiger partial charge in [0.1, 0.15) is 5.78 Å². The maximum absolute atomic E-state index is 13.7. The summed E-state index contributed by atoms with van der Waals surface area (Å²) in [6.45, 7) is 4.81. The molecular weight excluding hydrogens is 456 g/mol. The Balaban J connectivity index is 1.34. The average molecular weight is 493 g/mol. The van der Waals surface area contributed by atoms with Gasteiger partial charge in [0.2, 0.25) is 0 Å². The van der Waals surface area contributed by atoms with Crippen molar-refractivity contribution in [1.29, 1.82) is 0 Å². The number of hydrogen-bond donors (Lipinski definition) is 0. The second-order valence-corrected chi connectivity index (χ2v) is 12.7. The molecule has 0 radical (unpaired) electrons. The summed E-state index contributed by atoms with van der Waals surface area (Å²) < 4.78 is 0. The third-order valence-electron chi connectivity index (χ3n) is 10.6. The molecule has 7 rings (SSSR count). The maximum Gasteiger partial charge on any atom is 0.156 e. The number of carbonyl (C=O) groups excluding carboxylic acids is 2. The minimum atomic E-state index is 0.0396. The summed E-state index contributed by atoms with van der Waals surface area (Å²) in [6.07, 6.45) is 13.5. The molecule has 1 aromatic heterocycles. The normalized spacial score (nSPS) is 34.9. The molecule has 4 heteroatoms. The molecule has 1 heterocycles. The Bertz CT molecular complexity index is 1320. The highest BCUT2D eigenvalue weighted by atomic mass is 16.1. The number of benzene rings is 1. The molecule has 1 aromatic carbocycles. The molecule has 0 bridgehead atoms. The van der Waals surface area contributed by atoms with Crippen molar-refractivity contribution in [2.24, 2.45) is 35.0 Å². The van der Waals surface area contributed by atoms with Gasteiger partial charge >= 0.3 is 0 Å². The van der Waals surface area contributed by atoms with Crippen LogP contribution in [0.3, 0.4) is 0 Å². The molecule has 0 N–H and O–H groups in total. The number of aromatic nitrogens is 2. The van der Waals surface area contributed by atoms with Gasteiger partial charge in [0.15, 0.2) is 5.78 Å². The third-order valence-corrected chi connectivity index (χ3v) is 10.6. The summed E-state index contributed by atoms with van der Waals surface area (Å²) in [5, 5.41) is 7.97. The number of fused-ring (bicyclic) bond motifs is 4. The van der Waals surface area contributed by atoms with E-state index in [1.54, 1.807) is 11.8 Å². The van der Waals surface area contributed by atoms with Crippen LogP contribution in [-0.4, -0.2) is 21.8 Å². The highest BCUT2D eigenvalue weighted by molar-refractivity contribution is 5.93. The highest BCUT2D eigenvalue weighted by Crippen LogP contribution is 2.67. The minimum absolute atomic E-state index is 0.0396. The number of Topliss-reactive ketones (excluding diaryl/α,β-unsaturated/α-hetero) is 1. The van der Waals surface area contributed by atoms with Crippen LogP contribution >= 0.6 is 0 Å². The molecule has 5 aliphatic carbocycles. The number of nitrogens with zero attached hydrogens (tertiary/aromatic N) is 2. The van der Waals surface area contributed by atoms with Gasteiger partial charge in [-0.2, -0.15) is 10.2 Å². The fourth-order valence-corrected chi connectivity index (χ4v) is 8.92. The van der Waals surface area contributed by atoms with Crippen LogP contribution in [-0.2, 0) is 9.59 Å². The summed E-state index contributed by atoms with van der Waals surface area (Å²) in [6, 6.07) is 11.0. The molecule has 2 aromatic rings. The first-order valence-corrected chi connectivity index (χ1v) is 14.3.